The largest absolute Gasteiger partial charge is 0.363 e. The van der Waals surface area contributed by atoms with Crippen molar-refractivity contribution in [1.82, 2.24) is 14.8 Å². The van der Waals surface area contributed by atoms with Gasteiger partial charge in [0.05, 0.1) is 40.9 Å². The van der Waals surface area contributed by atoms with E-state index < -0.39 is 4.92 Å². The van der Waals surface area contributed by atoms with Gasteiger partial charge in [0.2, 0.25) is 0 Å². The molecule has 0 amide bonds. The summed E-state index contributed by atoms with van der Waals surface area (Å²) in [6.07, 6.45) is 4.85. The zero-order valence-corrected chi connectivity index (χ0v) is 17.2. The third-order valence-corrected chi connectivity index (χ3v) is 5.88. The van der Waals surface area contributed by atoms with Gasteiger partial charge in [-0.3, -0.25) is 14.8 Å². The molecule has 4 aromatic rings. The van der Waals surface area contributed by atoms with Crippen molar-refractivity contribution in [3.63, 3.8) is 0 Å². The molecular weight excluding hydrogens is 404 g/mol. The van der Waals surface area contributed by atoms with Crippen LogP contribution in [0.25, 0.3) is 10.9 Å². The maximum atomic E-state index is 11.1. The van der Waals surface area contributed by atoms with Gasteiger partial charge in [0.1, 0.15) is 5.82 Å². The SMILES string of the molecule is N#Cc1cc(NC2CCCc3c2cnn3Cc2ccccc2)nc2ccc([N+](=O)[O-])cc12. The highest BCUT2D eigenvalue weighted by Crippen LogP contribution is 2.33. The number of nitriles is 1. The number of nitro benzene ring substituents is 1. The van der Waals surface area contributed by atoms with Gasteiger partial charge in [-0.25, -0.2) is 4.98 Å². The van der Waals surface area contributed by atoms with E-state index in [0.29, 0.717) is 22.3 Å². The quantitative estimate of drug-likeness (QED) is 0.366. The molecule has 0 saturated carbocycles. The van der Waals surface area contributed by atoms with Crippen LogP contribution in [0.3, 0.4) is 0 Å². The van der Waals surface area contributed by atoms with E-state index in [2.05, 4.69) is 38.3 Å². The molecule has 0 radical (unpaired) electrons. The summed E-state index contributed by atoms with van der Waals surface area (Å²) in [5.41, 5.74) is 4.42. The van der Waals surface area contributed by atoms with Crippen LogP contribution in [0.2, 0.25) is 0 Å². The number of nitrogens with zero attached hydrogens (tertiary/aromatic N) is 5. The number of aromatic nitrogens is 3. The number of anilines is 1. The molecule has 0 fully saturated rings. The molecule has 2 aromatic heterocycles. The molecule has 1 N–H and O–H groups in total. The Morgan fingerprint density at radius 1 is 1.22 bits per heavy atom. The summed E-state index contributed by atoms with van der Waals surface area (Å²) in [4.78, 5) is 15.2. The van der Waals surface area contributed by atoms with Crippen molar-refractivity contribution in [2.24, 2.45) is 0 Å². The van der Waals surface area contributed by atoms with E-state index in [9.17, 15) is 15.4 Å². The first-order valence-corrected chi connectivity index (χ1v) is 10.5. The first-order chi connectivity index (χ1) is 15.6. The lowest BCUT2D eigenvalue weighted by Crippen LogP contribution is -2.19. The van der Waals surface area contributed by atoms with Crippen LogP contribution >= 0.6 is 0 Å². The molecule has 0 spiro atoms. The average Bonchev–Trinajstić information content (AvgIpc) is 3.22. The van der Waals surface area contributed by atoms with Crippen LogP contribution in [-0.4, -0.2) is 19.7 Å². The Morgan fingerprint density at radius 3 is 2.84 bits per heavy atom. The minimum absolute atomic E-state index is 0.0396. The van der Waals surface area contributed by atoms with Crippen molar-refractivity contribution >= 4 is 22.4 Å². The number of nitro groups is 1. The van der Waals surface area contributed by atoms with Crippen molar-refractivity contribution in [1.29, 1.82) is 5.26 Å². The van der Waals surface area contributed by atoms with E-state index >= 15 is 0 Å². The molecular formula is C24H20N6O2. The molecule has 5 rings (SSSR count). The molecule has 1 unspecified atom stereocenters. The monoisotopic (exact) mass is 424 g/mol. The number of non-ortho nitro benzene ring substituents is 1. The second-order valence-electron chi connectivity index (χ2n) is 7.90. The minimum Gasteiger partial charge on any atom is -0.363 e. The van der Waals surface area contributed by atoms with E-state index in [0.717, 1.165) is 31.4 Å². The molecule has 1 atom stereocenters. The van der Waals surface area contributed by atoms with E-state index in [-0.39, 0.29) is 11.7 Å². The Balaban J connectivity index is 1.45. The third-order valence-electron chi connectivity index (χ3n) is 5.88. The first kappa shape index (κ1) is 19.7. The molecule has 0 bridgehead atoms. The van der Waals surface area contributed by atoms with Crippen LogP contribution in [0, 0.1) is 21.4 Å². The highest BCUT2D eigenvalue weighted by atomic mass is 16.6. The number of nitrogens with one attached hydrogen (secondary N) is 1. The van der Waals surface area contributed by atoms with Gasteiger partial charge in [0.25, 0.3) is 5.69 Å². The number of hydrogen-bond acceptors (Lipinski definition) is 6. The fourth-order valence-corrected chi connectivity index (χ4v) is 4.33. The van der Waals surface area contributed by atoms with Gasteiger partial charge >= 0.3 is 0 Å². The van der Waals surface area contributed by atoms with Crippen molar-refractivity contribution in [2.45, 2.75) is 31.8 Å². The zero-order valence-electron chi connectivity index (χ0n) is 17.2. The van der Waals surface area contributed by atoms with Crippen LogP contribution in [-0.2, 0) is 13.0 Å². The van der Waals surface area contributed by atoms with E-state index in [1.807, 2.05) is 24.4 Å². The summed E-state index contributed by atoms with van der Waals surface area (Å²) in [7, 11) is 0. The highest BCUT2D eigenvalue weighted by Gasteiger charge is 2.25. The summed E-state index contributed by atoms with van der Waals surface area (Å²) < 4.78 is 2.06. The van der Waals surface area contributed by atoms with Crippen LogP contribution < -0.4 is 5.32 Å². The smallest absolute Gasteiger partial charge is 0.270 e. The fourth-order valence-electron chi connectivity index (χ4n) is 4.33. The number of benzene rings is 2. The number of hydrogen-bond donors (Lipinski definition) is 1. The number of pyridine rings is 1. The molecule has 0 saturated heterocycles. The van der Waals surface area contributed by atoms with Gasteiger partial charge < -0.3 is 5.32 Å². The molecule has 8 heteroatoms. The molecule has 1 aliphatic rings. The van der Waals surface area contributed by atoms with Gasteiger partial charge in [-0.1, -0.05) is 30.3 Å². The zero-order chi connectivity index (χ0) is 22.1. The van der Waals surface area contributed by atoms with Gasteiger partial charge in [-0.2, -0.15) is 10.4 Å². The number of fused-ring (bicyclic) bond motifs is 2. The van der Waals surface area contributed by atoms with Crippen molar-refractivity contribution in [2.75, 3.05) is 5.32 Å². The third kappa shape index (κ3) is 3.65. The lowest BCUT2D eigenvalue weighted by Gasteiger charge is -2.25. The molecule has 2 aromatic carbocycles. The van der Waals surface area contributed by atoms with Gasteiger partial charge in [-0.15, -0.1) is 0 Å². The predicted octanol–water partition coefficient (Wildman–Crippen LogP) is 4.75. The van der Waals surface area contributed by atoms with Gasteiger partial charge in [-0.05, 0) is 37.0 Å². The van der Waals surface area contributed by atoms with Crippen LogP contribution in [0.5, 0.6) is 0 Å². The summed E-state index contributed by atoms with van der Waals surface area (Å²) in [6, 6.07) is 18.5. The number of rotatable bonds is 5. The van der Waals surface area contributed by atoms with Crippen LogP contribution in [0.4, 0.5) is 11.5 Å². The Kier molecular flexibility index (Phi) is 5.00. The Bertz CT molecular complexity index is 1360. The normalized spacial score (nSPS) is 15.2. The van der Waals surface area contributed by atoms with Crippen molar-refractivity contribution in [3.8, 4) is 6.07 Å². The first-order valence-electron chi connectivity index (χ1n) is 10.5. The summed E-state index contributed by atoms with van der Waals surface area (Å²) in [6.45, 7) is 0.731. The van der Waals surface area contributed by atoms with Crippen molar-refractivity contribution in [3.05, 3.63) is 93.3 Å². The second-order valence-corrected chi connectivity index (χ2v) is 7.90. The van der Waals surface area contributed by atoms with Gasteiger partial charge in [0.15, 0.2) is 0 Å². The average molecular weight is 424 g/mol. The molecule has 158 valence electrons. The molecule has 8 nitrogen and oxygen atoms in total. The van der Waals surface area contributed by atoms with Crippen molar-refractivity contribution < 1.29 is 4.92 Å². The Morgan fingerprint density at radius 2 is 2.06 bits per heavy atom. The predicted molar refractivity (Wildman–Crippen MR) is 120 cm³/mol. The maximum absolute atomic E-state index is 11.1. The standard InChI is InChI=1S/C24H20N6O2/c25-13-17-11-24(28-22-10-9-18(30(31)32)12-19(17)22)27-21-7-4-8-23-20(21)14-26-29(23)15-16-5-2-1-3-6-16/h1-3,5-6,9-12,14,21H,4,7-8,15H2,(H,27,28). The molecule has 2 heterocycles. The second kappa shape index (κ2) is 8.12. The molecule has 1 aliphatic carbocycles. The van der Waals surface area contributed by atoms with E-state index in [4.69, 9.17) is 0 Å². The van der Waals surface area contributed by atoms with E-state index in [1.54, 1.807) is 12.1 Å². The molecule has 0 aliphatic heterocycles. The van der Waals surface area contributed by atoms with Crippen LogP contribution in [0.1, 0.15) is 41.3 Å². The summed E-state index contributed by atoms with van der Waals surface area (Å²) in [5.74, 6) is 0.580. The highest BCUT2D eigenvalue weighted by molar-refractivity contribution is 5.88. The summed E-state index contributed by atoms with van der Waals surface area (Å²) >= 11 is 0. The lowest BCUT2D eigenvalue weighted by molar-refractivity contribution is -0.384. The Hall–Kier alpha value is -4.25. The fraction of sp³-hybridized carbons (Fsp3) is 0.208. The van der Waals surface area contributed by atoms with Crippen LogP contribution in [0.15, 0.2) is 60.8 Å². The topological polar surface area (TPSA) is 110 Å². The molecule has 32 heavy (non-hydrogen) atoms. The maximum Gasteiger partial charge on any atom is 0.270 e. The minimum atomic E-state index is -0.469. The van der Waals surface area contributed by atoms with E-state index in [1.165, 1.54) is 23.4 Å². The summed E-state index contributed by atoms with van der Waals surface area (Å²) in [5, 5.41) is 29.3. The lowest BCUT2D eigenvalue weighted by atomic mass is 9.93. The van der Waals surface area contributed by atoms with Gasteiger partial charge in [0, 0.05) is 28.8 Å². The Labute approximate surface area is 184 Å².